The standard InChI is InChI=1S/C24H20F2N4O2.C2F4O2/c25-24(26)11-12-30(23(31)19-7-3-2-6-18(19)17-13-27-28-14-17)15-21(24)32-22-10-9-16-5-1-4-8-20(16)29-22;3-2(4,5)1(7)8-6/h1-10,13-14,21H,11-12,15H2,(H,27,28);. The molecule has 14 heteroatoms. The summed E-state index contributed by atoms with van der Waals surface area (Å²) < 4.78 is 77.6. The van der Waals surface area contributed by atoms with E-state index in [0.717, 1.165) is 10.9 Å². The highest BCUT2D eigenvalue weighted by molar-refractivity contribution is 6.00. The van der Waals surface area contributed by atoms with Crippen molar-refractivity contribution in [2.75, 3.05) is 13.1 Å². The molecule has 1 aliphatic heterocycles. The summed E-state index contributed by atoms with van der Waals surface area (Å²) in [4.78, 5) is 30.0. The van der Waals surface area contributed by atoms with E-state index in [0.29, 0.717) is 16.6 Å². The van der Waals surface area contributed by atoms with Crippen molar-refractivity contribution < 1.29 is 45.7 Å². The lowest BCUT2D eigenvalue weighted by Gasteiger charge is -2.38. The van der Waals surface area contributed by atoms with E-state index >= 15 is 0 Å². The van der Waals surface area contributed by atoms with Crippen molar-refractivity contribution in [3.63, 3.8) is 0 Å². The van der Waals surface area contributed by atoms with Gasteiger partial charge in [-0.1, -0.05) is 36.4 Å². The van der Waals surface area contributed by atoms with Gasteiger partial charge in [0.25, 0.3) is 11.8 Å². The van der Waals surface area contributed by atoms with Crippen LogP contribution in [0.3, 0.4) is 0 Å². The third-order valence-electron chi connectivity index (χ3n) is 5.96. The van der Waals surface area contributed by atoms with Crippen molar-refractivity contribution in [2.45, 2.75) is 24.6 Å². The topological polar surface area (TPSA) is 97.4 Å². The zero-order valence-corrected chi connectivity index (χ0v) is 20.4. The fraction of sp³-hybridized carbons (Fsp3) is 0.231. The number of nitrogens with zero attached hydrogens (tertiary/aromatic N) is 3. The summed E-state index contributed by atoms with van der Waals surface area (Å²) in [5.74, 6) is -6.12. The van der Waals surface area contributed by atoms with Crippen LogP contribution in [0.4, 0.5) is 26.5 Å². The monoisotopic (exact) mass is 566 g/mol. The van der Waals surface area contributed by atoms with Gasteiger partial charge < -0.3 is 9.64 Å². The van der Waals surface area contributed by atoms with Crippen LogP contribution in [-0.4, -0.2) is 63.3 Å². The second-order valence-corrected chi connectivity index (χ2v) is 8.61. The molecule has 0 radical (unpaired) electrons. The molecule has 1 saturated heterocycles. The Balaban J connectivity index is 0.000000406. The lowest BCUT2D eigenvalue weighted by atomic mass is 9.98. The van der Waals surface area contributed by atoms with Gasteiger partial charge in [0.2, 0.25) is 5.88 Å². The second kappa shape index (κ2) is 11.6. The Morgan fingerprint density at radius 1 is 1.02 bits per heavy atom. The van der Waals surface area contributed by atoms with Crippen molar-refractivity contribution in [3.8, 4) is 17.0 Å². The van der Waals surface area contributed by atoms with E-state index in [1.165, 1.54) is 4.90 Å². The van der Waals surface area contributed by atoms with Crippen LogP contribution in [0.2, 0.25) is 0 Å². The van der Waals surface area contributed by atoms with Crippen LogP contribution < -0.4 is 4.74 Å². The Kier molecular flexibility index (Phi) is 8.26. The molecule has 1 amide bonds. The number of carbonyl (C=O) groups excluding carboxylic acids is 2. The molecule has 1 fully saturated rings. The van der Waals surface area contributed by atoms with E-state index < -0.39 is 30.6 Å². The Hall–Kier alpha value is -4.62. The number of aromatic nitrogens is 3. The number of halogens is 6. The molecule has 1 atom stereocenters. The highest BCUT2D eigenvalue weighted by atomic mass is 19.4. The number of pyridine rings is 1. The van der Waals surface area contributed by atoms with Gasteiger partial charge in [-0.15, -0.1) is 0 Å². The van der Waals surface area contributed by atoms with E-state index in [2.05, 4.69) is 15.2 Å². The Morgan fingerprint density at radius 2 is 1.75 bits per heavy atom. The first kappa shape index (κ1) is 28.4. The first-order valence-electron chi connectivity index (χ1n) is 11.7. The smallest absolute Gasteiger partial charge is 0.466 e. The van der Waals surface area contributed by atoms with Gasteiger partial charge in [0.1, 0.15) is 0 Å². The Bertz CT molecular complexity index is 1480. The van der Waals surface area contributed by atoms with Gasteiger partial charge >= 0.3 is 12.1 Å². The van der Waals surface area contributed by atoms with Crippen LogP contribution in [0.25, 0.3) is 22.0 Å². The molecule has 2 aromatic carbocycles. The molecule has 1 N–H and O–H groups in total. The number of piperidine rings is 1. The second-order valence-electron chi connectivity index (χ2n) is 8.61. The van der Waals surface area contributed by atoms with Gasteiger partial charge in [-0.2, -0.15) is 18.3 Å². The van der Waals surface area contributed by atoms with Gasteiger partial charge in [0, 0.05) is 46.3 Å². The Morgan fingerprint density at radius 3 is 2.42 bits per heavy atom. The number of nitrogens with one attached hydrogen (secondary N) is 1. The van der Waals surface area contributed by atoms with E-state index in [9.17, 15) is 31.3 Å². The van der Waals surface area contributed by atoms with Gasteiger partial charge in [-0.05, 0) is 23.8 Å². The van der Waals surface area contributed by atoms with E-state index in [-0.39, 0.29) is 24.9 Å². The van der Waals surface area contributed by atoms with Crippen molar-refractivity contribution in [3.05, 3.63) is 78.6 Å². The highest BCUT2D eigenvalue weighted by Gasteiger charge is 2.47. The fourth-order valence-corrected chi connectivity index (χ4v) is 3.97. The number of likely N-dealkylation sites (tertiary alicyclic amines) is 1. The summed E-state index contributed by atoms with van der Waals surface area (Å²) in [5, 5.41) is 7.56. The van der Waals surface area contributed by atoms with Crippen molar-refractivity contribution in [1.29, 1.82) is 0 Å². The number of H-pyrrole nitrogens is 1. The van der Waals surface area contributed by atoms with Crippen molar-refractivity contribution in [2.24, 2.45) is 0 Å². The number of para-hydroxylation sites is 1. The maximum atomic E-state index is 14.7. The number of hydrogen-bond donors (Lipinski definition) is 1. The van der Waals surface area contributed by atoms with E-state index in [1.54, 1.807) is 42.7 Å². The number of fused-ring (bicyclic) bond motifs is 1. The molecule has 210 valence electrons. The van der Waals surface area contributed by atoms with Crippen LogP contribution in [0.5, 0.6) is 5.88 Å². The first-order chi connectivity index (χ1) is 19.0. The maximum absolute atomic E-state index is 14.7. The number of ether oxygens (including phenoxy) is 1. The fourth-order valence-electron chi connectivity index (χ4n) is 3.97. The minimum atomic E-state index is -5.23. The molecule has 0 saturated carbocycles. The number of alkyl halides is 5. The molecular formula is C26H20F6N4O4. The molecule has 0 bridgehead atoms. The molecule has 1 aliphatic rings. The lowest BCUT2D eigenvalue weighted by molar-refractivity contribution is -0.234. The van der Waals surface area contributed by atoms with Crippen molar-refractivity contribution >= 4 is 22.8 Å². The third kappa shape index (κ3) is 6.50. The average Bonchev–Trinajstić information content (AvgIpc) is 3.48. The lowest BCUT2D eigenvalue weighted by Crippen LogP contribution is -2.55. The largest absolute Gasteiger partial charge is 0.494 e. The third-order valence-corrected chi connectivity index (χ3v) is 5.96. The number of amides is 1. The van der Waals surface area contributed by atoms with Crippen LogP contribution in [-0.2, 0) is 9.74 Å². The predicted octanol–water partition coefficient (Wildman–Crippen LogP) is 5.53. The summed E-state index contributed by atoms with van der Waals surface area (Å²) >= 11 is 0. The number of aromatic amines is 1. The number of carbonyl (C=O) groups is 2. The van der Waals surface area contributed by atoms with E-state index in [1.807, 2.05) is 35.3 Å². The number of rotatable bonds is 4. The molecule has 3 heterocycles. The quantitative estimate of drug-likeness (QED) is 0.327. The van der Waals surface area contributed by atoms with Gasteiger partial charge in [-0.3, -0.25) is 9.89 Å². The summed E-state index contributed by atoms with van der Waals surface area (Å²) in [7, 11) is 0. The summed E-state index contributed by atoms with van der Waals surface area (Å²) in [5.41, 5.74) is 2.54. The molecule has 8 nitrogen and oxygen atoms in total. The van der Waals surface area contributed by atoms with Crippen molar-refractivity contribution in [1.82, 2.24) is 20.1 Å². The average molecular weight is 566 g/mol. The molecule has 0 spiro atoms. The molecule has 5 rings (SSSR count). The molecule has 1 unspecified atom stereocenters. The predicted molar refractivity (Wildman–Crippen MR) is 129 cm³/mol. The molecule has 4 aromatic rings. The Labute approximate surface area is 222 Å². The summed E-state index contributed by atoms with van der Waals surface area (Å²) in [6.45, 7) is -0.295. The summed E-state index contributed by atoms with van der Waals surface area (Å²) in [6.07, 6.45) is -3.89. The van der Waals surface area contributed by atoms with Crippen LogP contribution in [0.1, 0.15) is 16.8 Å². The minimum Gasteiger partial charge on any atom is -0.466 e. The number of hydrogen-bond acceptors (Lipinski definition) is 6. The molecular weight excluding hydrogens is 546 g/mol. The minimum absolute atomic E-state index is 0.0590. The van der Waals surface area contributed by atoms with Crippen LogP contribution in [0, 0.1) is 0 Å². The molecule has 40 heavy (non-hydrogen) atoms. The summed E-state index contributed by atoms with van der Waals surface area (Å²) in [6, 6.07) is 17.8. The van der Waals surface area contributed by atoms with Crippen LogP contribution in [0.15, 0.2) is 73.1 Å². The van der Waals surface area contributed by atoms with Gasteiger partial charge in [0.15, 0.2) is 6.10 Å². The normalized spacial score (nSPS) is 16.6. The van der Waals surface area contributed by atoms with Gasteiger partial charge in [-0.25, -0.2) is 23.5 Å². The SMILES string of the molecule is O=C(OF)C(F)(F)F.O=C(c1ccccc1-c1cn[nH]c1)N1CCC(F)(F)C(Oc2ccc3ccccc3n2)C1. The zero-order valence-electron chi connectivity index (χ0n) is 20.4. The molecule has 0 aliphatic carbocycles. The molecule has 2 aromatic heterocycles. The number of benzene rings is 2. The van der Waals surface area contributed by atoms with Crippen LogP contribution >= 0.6 is 0 Å². The highest BCUT2D eigenvalue weighted by Crippen LogP contribution is 2.33. The first-order valence-corrected chi connectivity index (χ1v) is 11.7. The van der Waals surface area contributed by atoms with E-state index in [4.69, 9.17) is 9.53 Å². The maximum Gasteiger partial charge on any atom is 0.494 e. The zero-order chi connectivity index (χ0) is 28.9. The van der Waals surface area contributed by atoms with Gasteiger partial charge in [0.05, 0.1) is 18.3 Å².